The van der Waals surface area contributed by atoms with E-state index in [4.69, 9.17) is 24.5 Å². The van der Waals surface area contributed by atoms with Gasteiger partial charge in [-0.1, -0.05) is 73.6 Å². The highest BCUT2D eigenvalue weighted by molar-refractivity contribution is 8.15. The number of benzene rings is 3. The zero-order chi connectivity index (χ0) is 31.4. The van der Waals surface area contributed by atoms with Gasteiger partial charge in [0.25, 0.3) is 0 Å². The lowest BCUT2D eigenvalue weighted by molar-refractivity contribution is -0.0958. The SMILES string of the molecule is COc1ccc(C(OCC(C)(C)C(OCCCCN=[N+]=[N-])C2CSCC[SH]2O)(c2ccccc2)c2ccc(OC)cc2)cc1. The molecule has 10 heteroatoms. The molecule has 0 radical (unpaired) electrons. The minimum atomic E-state index is -1.17. The van der Waals surface area contributed by atoms with Crippen molar-refractivity contribution in [3.05, 3.63) is 106 Å². The molecule has 0 spiro atoms. The topological polar surface area (TPSA) is 106 Å². The fourth-order valence-corrected chi connectivity index (χ4v) is 9.69. The third-order valence-corrected chi connectivity index (χ3v) is 11.6. The van der Waals surface area contributed by atoms with Gasteiger partial charge in [0.2, 0.25) is 0 Å². The fraction of sp³-hybridized carbons (Fsp3) is 0.471. The summed E-state index contributed by atoms with van der Waals surface area (Å²) >= 11 is 0.713. The Balaban J connectivity index is 1.73. The van der Waals surface area contributed by atoms with E-state index in [2.05, 4.69) is 60.3 Å². The Hall–Kier alpha value is -2.85. The van der Waals surface area contributed by atoms with Crippen LogP contribution < -0.4 is 9.47 Å². The van der Waals surface area contributed by atoms with Crippen molar-refractivity contribution in [1.82, 2.24) is 0 Å². The number of rotatable bonds is 16. The number of unbranched alkanes of at least 4 members (excludes halogenated alkanes) is 1. The molecule has 3 aromatic rings. The molecule has 3 aromatic carbocycles. The Morgan fingerprint density at radius 3 is 2.07 bits per heavy atom. The number of nitrogens with zero attached hydrogens (tertiary/aromatic N) is 3. The van der Waals surface area contributed by atoms with Gasteiger partial charge in [0.15, 0.2) is 0 Å². The molecule has 1 aliphatic heterocycles. The Morgan fingerprint density at radius 2 is 1.52 bits per heavy atom. The van der Waals surface area contributed by atoms with Crippen molar-refractivity contribution in [2.24, 2.45) is 10.5 Å². The Bertz CT molecular complexity index is 1290. The summed E-state index contributed by atoms with van der Waals surface area (Å²) in [6, 6.07) is 26.4. The molecule has 1 N–H and O–H groups in total. The van der Waals surface area contributed by atoms with Crippen LogP contribution in [0, 0.1) is 5.41 Å². The number of hydrogen-bond donors (Lipinski definition) is 2. The van der Waals surface area contributed by atoms with Crippen molar-refractivity contribution < 1.29 is 23.5 Å². The highest BCUT2D eigenvalue weighted by Gasteiger charge is 2.44. The lowest BCUT2D eigenvalue weighted by atomic mass is 9.79. The number of hydrogen-bond acceptors (Lipinski definition) is 7. The van der Waals surface area contributed by atoms with Gasteiger partial charge >= 0.3 is 0 Å². The molecule has 1 heterocycles. The predicted octanol–water partition coefficient (Wildman–Crippen LogP) is 8.10. The quantitative estimate of drug-likeness (QED) is 0.0410. The van der Waals surface area contributed by atoms with Gasteiger partial charge in [-0.15, -0.1) is 11.2 Å². The van der Waals surface area contributed by atoms with E-state index in [1.165, 1.54) is 0 Å². The maximum absolute atomic E-state index is 11.2. The first-order valence-corrected chi connectivity index (χ1v) is 17.7. The van der Waals surface area contributed by atoms with Gasteiger partial charge in [-0.3, -0.25) is 0 Å². The summed E-state index contributed by atoms with van der Waals surface area (Å²) in [6.45, 7) is 5.70. The summed E-state index contributed by atoms with van der Waals surface area (Å²) in [4.78, 5) is 2.85. The number of thioether (sulfide) groups is 1. The van der Waals surface area contributed by atoms with E-state index in [9.17, 15) is 4.55 Å². The van der Waals surface area contributed by atoms with E-state index in [0.29, 0.717) is 19.8 Å². The van der Waals surface area contributed by atoms with Crippen LogP contribution >= 0.6 is 22.9 Å². The molecule has 8 nitrogen and oxygen atoms in total. The lowest BCUT2D eigenvalue weighted by Crippen LogP contribution is -2.48. The van der Waals surface area contributed by atoms with Crippen molar-refractivity contribution in [1.29, 1.82) is 0 Å². The second kappa shape index (κ2) is 16.5. The predicted molar refractivity (Wildman–Crippen MR) is 183 cm³/mol. The summed E-state index contributed by atoms with van der Waals surface area (Å²) < 4.78 is 36.1. The standard InChI is InChI=1S/C34H45N3O5S2/c1-33(2,32(31-24-43-22-23-44(31)38)41-21-9-8-20-36-37-35)25-42-34(26-10-6-5-7-11-26,27-12-16-29(39-3)17-13-27)28-14-18-30(40-4)19-15-28/h5-7,10-19,31-32,38,44H,8-9,20-25H2,1-4H3. The molecule has 0 saturated carbocycles. The van der Waals surface area contributed by atoms with Crippen LogP contribution in [0.4, 0.5) is 0 Å². The van der Waals surface area contributed by atoms with E-state index in [0.717, 1.165) is 58.3 Å². The maximum atomic E-state index is 11.2. The van der Waals surface area contributed by atoms with Crippen LogP contribution in [0.1, 0.15) is 43.4 Å². The van der Waals surface area contributed by atoms with Crippen LogP contribution in [0.3, 0.4) is 0 Å². The molecule has 0 aliphatic carbocycles. The molecule has 1 saturated heterocycles. The Labute approximate surface area is 268 Å². The monoisotopic (exact) mass is 639 g/mol. The highest BCUT2D eigenvalue weighted by Crippen LogP contribution is 2.46. The van der Waals surface area contributed by atoms with E-state index in [1.807, 2.05) is 54.2 Å². The summed E-state index contributed by atoms with van der Waals surface area (Å²) in [5.74, 6) is 4.18. The van der Waals surface area contributed by atoms with Crippen molar-refractivity contribution in [3.63, 3.8) is 0 Å². The minimum absolute atomic E-state index is 0.0348. The second-order valence-electron chi connectivity index (χ2n) is 11.5. The first-order valence-electron chi connectivity index (χ1n) is 15.0. The van der Waals surface area contributed by atoms with Crippen LogP contribution in [0.15, 0.2) is 84.0 Å². The molecule has 4 rings (SSSR count). The van der Waals surface area contributed by atoms with Gasteiger partial charge in [-0.25, -0.2) is 0 Å². The molecule has 44 heavy (non-hydrogen) atoms. The van der Waals surface area contributed by atoms with E-state index >= 15 is 0 Å². The lowest BCUT2D eigenvalue weighted by Gasteiger charge is -2.45. The van der Waals surface area contributed by atoms with Crippen molar-refractivity contribution in [2.75, 3.05) is 51.2 Å². The number of thiol groups is 1. The van der Waals surface area contributed by atoms with Crippen molar-refractivity contribution in [3.8, 4) is 11.5 Å². The van der Waals surface area contributed by atoms with Crippen LogP contribution in [0.5, 0.6) is 11.5 Å². The van der Waals surface area contributed by atoms with Gasteiger partial charge in [-0.2, -0.15) is 11.8 Å². The molecule has 1 aliphatic rings. The average molecular weight is 640 g/mol. The Morgan fingerprint density at radius 1 is 0.932 bits per heavy atom. The first kappa shape index (κ1) is 34.0. The molecule has 238 valence electrons. The van der Waals surface area contributed by atoms with Crippen LogP contribution in [0.25, 0.3) is 10.4 Å². The smallest absolute Gasteiger partial charge is 0.143 e. The second-order valence-corrected chi connectivity index (χ2v) is 14.7. The normalized spacial score (nSPS) is 18.7. The first-order chi connectivity index (χ1) is 21.4. The van der Waals surface area contributed by atoms with Crippen molar-refractivity contribution >= 4 is 22.9 Å². The highest BCUT2D eigenvalue weighted by atomic mass is 32.2. The van der Waals surface area contributed by atoms with Gasteiger partial charge < -0.3 is 23.5 Å². The molecular weight excluding hydrogens is 595 g/mol. The van der Waals surface area contributed by atoms with Crippen LogP contribution in [-0.4, -0.2) is 67.1 Å². The molecule has 3 atom stereocenters. The largest absolute Gasteiger partial charge is 0.497 e. The fourth-order valence-electron chi connectivity index (χ4n) is 5.71. The molecule has 0 amide bonds. The third kappa shape index (κ3) is 8.24. The van der Waals surface area contributed by atoms with Gasteiger partial charge in [-0.05, 0) is 59.3 Å². The maximum Gasteiger partial charge on any atom is 0.143 e. The van der Waals surface area contributed by atoms with Crippen molar-refractivity contribution in [2.45, 2.75) is 43.6 Å². The molecule has 0 aromatic heterocycles. The van der Waals surface area contributed by atoms with Crippen LogP contribution in [-0.2, 0) is 15.1 Å². The van der Waals surface area contributed by atoms with Gasteiger partial charge in [0.1, 0.15) is 17.1 Å². The van der Waals surface area contributed by atoms with E-state index in [1.54, 1.807) is 14.2 Å². The molecule has 3 unspecified atom stereocenters. The van der Waals surface area contributed by atoms with Crippen LogP contribution in [0.2, 0.25) is 0 Å². The zero-order valence-corrected chi connectivity index (χ0v) is 27.8. The number of azide groups is 1. The molecular formula is C34H45N3O5S2. The number of ether oxygens (including phenoxy) is 4. The summed E-state index contributed by atoms with van der Waals surface area (Å²) in [7, 11) is 3.33. The third-order valence-electron chi connectivity index (χ3n) is 8.10. The summed E-state index contributed by atoms with van der Waals surface area (Å²) in [5.41, 5.74) is 10.2. The summed E-state index contributed by atoms with van der Waals surface area (Å²) in [5, 5.41) is 3.69. The number of methoxy groups -OCH3 is 2. The van der Waals surface area contributed by atoms with E-state index < -0.39 is 22.2 Å². The summed E-state index contributed by atoms with van der Waals surface area (Å²) in [6.07, 6.45) is 1.32. The minimum Gasteiger partial charge on any atom is -0.497 e. The van der Waals surface area contributed by atoms with Gasteiger partial charge in [0.05, 0.1) is 26.9 Å². The average Bonchev–Trinajstić information content (AvgIpc) is 3.06. The Kier molecular flexibility index (Phi) is 12.7. The zero-order valence-electron chi connectivity index (χ0n) is 26.1. The molecule has 0 bridgehead atoms. The van der Waals surface area contributed by atoms with Gasteiger partial charge in [0, 0.05) is 46.0 Å². The van der Waals surface area contributed by atoms with E-state index in [-0.39, 0.29) is 11.4 Å². The molecule has 1 fully saturated rings.